The lowest BCUT2D eigenvalue weighted by Gasteiger charge is -2.12. The Kier molecular flexibility index (Phi) is 5.43. The summed E-state index contributed by atoms with van der Waals surface area (Å²) < 4.78 is 4.91. The van der Waals surface area contributed by atoms with Crippen molar-refractivity contribution in [1.29, 1.82) is 0 Å². The molecule has 0 aliphatic carbocycles. The third kappa shape index (κ3) is 4.24. The average Bonchev–Trinajstić information content (AvgIpc) is 2.92. The van der Waals surface area contributed by atoms with Crippen molar-refractivity contribution in [2.45, 2.75) is 18.7 Å². The number of hydrogen-bond donors (Lipinski definition) is 1. The van der Waals surface area contributed by atoms with E-state index in [0.717, 1.165) is 15.4 Å². The highest BCUT2D eigenvalue weighted by molar-refractivity contribution is 8.00. The second-order valence-electron chi connectivity index (χ2n) is 4.97. The number of thioether (sulfide) groups is 1. The number of nitrogens with one attached hydrogen (secondary N) is 1. The topological polar surface area (TPSA) is 75.7 Å². The molecule has 0 radical (unpaired) electrons. The van der Waals surface area contributed by atoms with Crippen molar-refractivity contribution in [3.63, 3.8) is 0 Å². The third-order valence-electron chi connectivity index (χ3n) is 3.35. The molecule has 1 N–H and O–H groups in total. The van der Waals surface area contributed by atoms with Gasteiger partial charge >= 0.3 is 12.0 Å². The minimum absolute atomic E-state index is 0.127. The van der Waals surface area contributed by atoms with Crippen LogP contribution in [0.3, 0.4) is 0 Å². The van der Waals surface area contributed by atoms with E-state index in [1.807, 2.05) is 32.0 Å². The second-order valence-corrected chi connectivity index (χ2v) is 6.02. The summed E-state index contributed by atoms with van der Waals surface area (Å²) in [5.74, 6) is -0.849. The molecule has 0 unspecified atom stereocenters. The summed E-state index contributed by atoms with van der Waals surface area (Å²) >= 11 is 1.36. The van der Waals surface area contributed by atoms with Crippen LogP contribution in [0.5, 0.6) is 0 Å². The van der Waals surface area contributed by atoms with Gasteiger partial charge in [0.05, 0.1) is 5.75 Å². The zero-order valence-corrected chi connectivity index (χ0v) is 13.4. The fourth-order valence-corrected chi connectivity index (χ4v) is 2.71. The molecule has 1 heterocycles. The van der Waals surface area contributed by atoms with E-state index in [0.29, 0.717) is 13.1 Å². The zero-order valence-electron chi connectivity index (χ0n) is 12.5. The SMILES string of the molecule is Cc1ccc(SCC(=O)OCC(=O)N2CCNC2=O)cc1C. The fourth-order valence-electron chi connectivity index (χ4n) is 1.92. The summed E-state index contributed by atoms with van der Waals surface area (Å²) in [6.07, 6.45) is 0. The van der Waals surface area contributed by atoms with Gasteiger partial charge in [0.1, 0.15) is 0 Å². The normalized spacial score (nSPS) is 13.9. The number of carbonyl (C=O) groups excluding carboxylic acids is 3. The highest BCUT2D eigenvalue weighted by atomic mass is 32.2. The molecule has 1 aromatic rings. The van der Waals surface area contributed by atoms with Crippen LogP contribution in [-0.2, 0) is 14.3 Å². The van der Waals surface area contributed by atoms with Gasteiger partial charge in [-0.15, -0.1) is 11.8 Å². The Morgan fingerprint density at radius 3 is 2.73 bits per heavy atom. The lowest BCUT2D eigenvalue weighted by atomic mass is 10.1. The molecule has 1 saturated heterocycles. The van der Waals surface area contributed by atoms with Crippen molar-refractivity contribution in [3.8, 4) is 0 Å². The van der Waals surface area contributed by atoms with E-state index in [4.69, 9.17) is 4.74 Å². The van der Waals surface area contributed by atoms with Gasteiger partial charge in [0.25, 0.3) is 5.91 Å². The predicted octanol–water partition coefficient (Wildman–Crippen LogP) is 1.49. The van der Waals surface area contributed by atoms with Crippen molar-refractivity contribution in [2.24, 2.45) is 0 Å². The van der Waals surface area contributed by atoms with E-state index in [2.05, 4.69) is 5.32 Å². The first-order valence-corrected chi connectivity index (χ1v) is 7.90. The van der Waals surface area contributed by atoms with Gasteiger partial charge in [0, 0.05) is 18.0 Å². The van der Waals surface area contributed by atoms with Gasteiger partial charge in [-0.1, -0.05) is 6.07 Å². The number of rotatable bonds is 5. The fraction of sp³-hybridized carbons (Fsp3) is 0.400. The summed E-state index contributed by atoms with van der Waals surface area (Å²) in [5, 5.41) is 2.52. The van der Waals surface area contributed by atoms with Crippen molar-refractivity contribution in [1.82, 2.24) is 10.2 Å². The maximum Gasteiger partial charge on any atom is 0.324 e. The number of urea groups is 1. The molecule has 7 heteroatoms. The second kappa shape index (κ2) is 7.31. The van der Waals surface area contributed by atoms with Crippen LogP contribution in [0.1, 0.15) is 11.1 Å². The lowest BCUT2D eigenvalue weighted by molar-refractivity contribution is -0.148. The van der Waals surface area contributed by atoms with Gasteiger partial charge in [0.2, 0.25) is 0 Å². The van der Waals surface area contributed by atoms with E-state index in [-0.39, 0.29) is 5.75 Å². The zero-order chi connectivity index (χ0) is 16.1. The number of imide groups is 1. The first kappa shape index (κ1) is 16.4. The van der Waals surface area contributed by atoms with Gasteiger partial charge in [-0.2, -0.15) is 0 Å². The number of amides is 3. The van der Waals surface area contributed by atoms with Crippen LogP contribution in [0.4, 0.5) is 4.79 Å². The van der Waals surface area contributed by atoms with Crippen molar-refractivity contribution < 1.29 is 19.1 Å². The summed E-state index contributed by atoms with van der Waals surface area (Å²) in [7, 11) is 0. The Labute approximate surface area is 133 Å². The van der Waals surface area contributed by atoms with Crippen LogP contribution in [-0.4, -0.2) is 48.3 Å². The number of ether oxygens (including phenoxy) is 1. The van der Waals surface area contributed by atoms with Crippen LogP contribution in [0.2, 0.25) is 0 Å². The van der Waals surface area contributed by atoms with Crippen molar-refractivity contribution in [3.05, 3.63) is 29.3 Å². The van der Waals surface area contributed by atoms with Gasteiger partial charge in [0.15, 0.2) is 6.61 Å². The average molecular weight is 322 g/mol. The van der Waals surface area contributed by atoms with Crippen LogP contribution < -0.4 is 5.32 Å². The summed E-state index contributed by atoms with van der Waals surface area (Å²) in [4.78, 5) is 36.7. The molecule has 1 aliphatic heterocycles. The lowest BCUT2D eigenvalue weighted by Crippen LogP contribution is -2.37. The molecular weight excluding hydrogens is 304 g/mol. The molecule has 118 valence electrons. The molecule has 22 heavy (non-hydrogen) atoms. The van der Waals surface area contributed by atoms with Gasteiger partial charge < -0.3 is 10.1 Å². The molecule has 1 aliphatic rings. The Balaban J connectivity index is 1.74. The molecule has 0 spiro atoms. The maximum atomic E-state index is 11.7. The largest absolute Gasteiger partial charge is 0.455 e. The summed E-state index contributed by atoms with van der Waals surface area (Å²) in [5.41, 5.74) is 2.36. The standard InChI is InChI=1S/C15H18N2O4S/c1-10-3-4-12(7-11(10)2)22-9-14(19)21-8-13(18)17-6-5-16-15(17)20/h3-4,7H,5-6,8-9H2,1-2H3,(H,16,20). The van der Waals surface area contributed by atoms with Crippen LogP contribution in [0.25, 0.3) is 0 Å². The number of carbonyl (C=O) groups is 3. The number of hydrogen-bond acceptors (Lipinski definition) is 5. The molecule has 0 aromatic heterocycles. The Morgan fingerprint density at radius 2 is 2.09 bits per heavy atom. The number of benzene rings is 1. The molecule has 0 atom stereocenters. The van der Waals surface area contributed by atoms with E-state index < -0.39 is 24.5 Å². The first-order chi connectivity index (χ1) is 10.5. The van der Waals surface area contributed by atoms with Gasteiger partial charge in [-0.25, -0.2) is 4.79 Å². The molecule has 2 rings (SSSR count). The smallest absolute Gasteiger partial charge is 0.324 e. The highest BCUT2D eigenvalue weighted by Gasteiger charge is 2.26. The van der Waals surface area contributed by atoms with Crippen LogP contribution in [0, 0.1) is 13.8 Å². The molecule has 1 aromatic carbocycles. The first-order valence-electron chi connectivity index (χ1n) is 6.91. The van der Waals surface area contributed by atoms with Crippen LogP contribution >= 0.6 is 11.8 Å². The predicted molar refractivity (Wildman–Crippen MR) is 82.7 cm³/mol. The third-order valence-corrected chi connectivity index (χ3v) is 4.32. The summed E-state index contributed by atoms with van der Waals surface area (Å²) in [6.45, 7) is 4.38. The van der Waals surface area contributed by atoms with Gasteiger partial charge in [-0.05, 0) is 37.1 Å². The van der Waals surface area contributed by atoms with E-state index in [1.165, 1.54) is 17.3 Å². The molecule has 0 bridgehead atoms. The Bertz CT molecular complexity index is 603. The molecule has 0 saturated carbocycles. The summed E-state index contributed by atoms with van der Waals surface area (Å²) in [6, 6.07) is 5.51. The van der Waals surface area contributed by atoms with E-state index >= 15 is 0 Å². The molecule has 6 nitrogen and oxygen atoms in total. The molecule has 1 fully saturated rings. The Hall–Kier alpha value is -2.02. The van der Waals surface area contributed by atoms with E-state index in [1.54, 1.807) is 0 Å². The molecule has 3 amide bonds. The van der Waals surface area contributed by atoms with Crippen molar-refractivity contribution >= 4 is 29.7 Å². The number of esters is 1. The van der Waals surface area contributed by atoms with Crippen LogP contribution in [0.15, 0.2) is 23.1 Å². The maximum absolute atomic E-state index is 11.7. The van der Waals surface area contributed by atoms with Crippen molar-refractivity contribution in [2.75, 3.05) is 25.4 Å². The minimum atomic E-state index is -0.500. The monoisotopic (exact) mass is 322 g/mol. The highest BCUT2D eigenvalue weighted by Crippen LogP contribution is 2.21. The van der Waals surface area contributed by atoms with Gasteiger partial charge in [-0.3, -0.25) is 14.5 Å². The quantitative estimate of drug-likeness (QED) is 0.656. The number of aryl methyl sites for hydroxylation is 2. The van der Waals surface area contributed by atoms with E-state index in [9.17, 15) is 14.4 Å². The Morgan fingerprint density at radius 1 is 1.32 bits per heavy atom. The molecular formula is C15H18N2O4S. The minimum Gasteiger partial charge on any atom is -0.455 e. The number of nitrogens with zero attached hydrogens (tertiary/aromatic N) is 1.